The van der Waals surface area contributed by atoms with E-state index < -0.39 is 11.9 Å². The summed E-state index contributed by atoms with van der Waals surface area (Å²) in [5.41, 5.74) is 0.856. The SMILES string of the molecule is CCOc1ccc(SCC(F)(F)F)cc1C. The summed E-state index contributed by atoms with van der Waals surface area (Å²) < 4.78 is 41.3. The lowest BCUT2D eigenvalue weighted by Crippen LogP contribution is -2.10. The molecule has 0 radical (unpaired) electrons. The topological polar surface area (TPSA) is 9.23 Å². The van der Waals surface area contributed by atoms with Crippen LogP contribution in [0.5, 0.6) is 5.75 Å². The predicted molar refractivity (Wildman–Crippen MR) is 59.1 cm³/mol. The summed E-state index contributed by atoms with van der Waals surface area (Å²) in [6, 6.07) is 5.06. The van der Waals surface area contributed by atoms with Crippen LogP contribution >= 0.6 is 11.8 Å². The number of thioether (sulfide) groups is 1. The lowest BCUT2D eigenvalue weighted by molar-refractivity contribution is -0.105. The molecule has 1 nitrogen and oxygen atoms in total. The Morgan fingerprint density at radius 3 is 2.50 bits per heavy atom. The molecule has 0 aliphatic carbocycles. The molecule has 0 spiro atoms. The molecule has 1 aromatic rings. The van der Waals surface area contributed by atoms with E-state index in [-0.39, 0.29) is 0 Å². The molecule has 0 saturated carbocycles. The fraction of sp³-hybridized carbons (Fsp3) is 0.455. The van der Waals surface area contributed by atoms with Crippen LogP contribution in [0.25, 0.3) is 0 Å². The molecule has 90 valence electrons. The average molecular weight is 250 g/mol. The van der Waals surface area contributed by atoms with Gasteiger partial charge in [-0.25, -0.2) is 0 Å². The number of alkyl halides is 3. The van der Waals surface area contributed by atoms with Gasteiger partial charge in [0.05, 0.1) is 12.4 Å². The van der Waals surface area contributed by atoms with Gasteiger partial charge < -0.3 is 4.74 Å². The lowest BCUT2D eigenvalue weighted by Gasteiger charge is -2.09. The van der Waals surface area contributed by atoms with Crippen LogP contribution in [0.15, 0.2) is 23.1 Å². The van der Waals surface area contributed by atoms with E-state index in [4.69, 9.17) is 4.74 Å². The van der Waals surface area contributed by atoms with Crippen molar-refractivity contribution in [2.45, 2.75) is 24.9 Å². The fourth-order valence-electron chi connectivity index (χ4n) is 1.19. The van der Waals surface area contributed by atoms with Crippen molar-refractivity contribution in [3.63, 3.8) is 0 Å². The van der Waals surface area contributed by atoms with Crippen molar-refractivity contribution in [3.05, 3.63) is 23.8 Å². The molecule has 0 aliphatic rings. The molecule has 1 aromatic carbocycles. The maximum absolute atomic E-state index is 12.0. The van der Waals surface area contributed by atoms with Crippen LogP contribution in [0.2, 0.25) is 0 Å². The molecule has 0 amide bonds. The first-order valence-corrected chi connectivity index (χ1v) is 5.84. The number of rotatable bonds is 4. The van der Waals surface area contributed by atoms with Crippen LogP contribution in [0.4, 0.5) is 13.2 Å². The molecule has 16 heavy (non-hydrogen) atoms. The van der Waals surface area contributed by atoms with E-state index in [1.54, 1.807) is 18.2 Å². The van der Waals surface area contributed by atoms with Crippen molar-refractivity contribution in [1.82, 2.24) is 0 Å². The van der Waals surface area contributed by atoms with E-state index in [1.807, 2.05) is 13.8 Å². The van der Waals surface area contributed by atoms with Crippen molar-refractivity contribution in [1.29, 1.82) is 0 Å². The third kappa shape index (κ3) is 4.35. The lowest BCUT2D eigenvalue weighted by atomic mass is 10.2. The molecule has 0 aliphatic heterocycles. The van der Waals surface area contributed by atoms with Gasteiger partial charge in [-0.3, -0.25) is 0 Å². The first kappa shape index (κ1) is 13.2. The zero-order valence-electron chi connectivity index (χ0n) is 9.10. The van der Waals surface area contributed by atoms with Crippen LogP contribution < -0.4 is 4.74 Å². The van der Waals surface area contributed by atoms with Crippen molar-refractivity contribution >= 4 is 11.8 Å². The van der Waals surface area contributed by atoms with Crippen LogP contribution in [0.1, 0.15) is 12.5 Å². The number of benzene rings is 1. The largest absolute Gasteiger partial charge is 0.494 e. The highest BCUT2D eigenvalue weighted by Crippen LogP contribution is 2.30. The maximum Gasteiger partial charge on any atom is 0.398 e. The molecule has 0 heterocycles. The zero-order valence-corrected chi connectivity index (χ0v) is 9.91. The predicted octanol–water partition coefficient (Wildman–Crippen LogP) is 4.05. The molecule has 0 fully saturated rings. The molecule has 0 saturated heterocycles. The molecular weight excluding hydrogens is 237 g/mol. The number of halogens is 3. The Balaban J connectivity index is 2.66. The van der Waals surface area contributed by atoms with Gasteiger partial charge in [0.15, 0.2) is 0 Å². The minimum absolute atomic E-state index is 0.551. The average Bonchev–Trinajstić information content (AvgIpc) is 2.18. The summed E-state index contributed by atoms with van der Waals surface area (Å²) in [5, 5.41) is 0. The standard InChI is InChI=1S/C11H13F3OS/c1-3-15-10-5-4-9(6-8(10)2)16-7-11(12,13)14/h4-6H,3,7H2,1-2H3. The Labute approximate surface area is 97.0 Å². The first-order chi connectivity index (χ1) is 7.42. The van der Waals surface area contributed by atoms with E-state index in [9.17, 15) is 13.2 Å². The second-order valence-electron chi connectivity index (χ2n) is 3.26. The summed E-state index contributed by atoms with van der Waals surface area (Å²) in [5.74, 6) is -0.140. The number of hydrogen-bond donors (Lipinski definition) is 0. The Kier molecular flexibility index (Phi) is 4.53. The highest BCUT2D eigenvalue weighted by Gasteiger charge is 2.27. The second-order valence-corrected chi connectivity index (χ2v) is 4.31. The molecule has 0 bridgehead atoms. The molecule has 1 rings (SSSR count). The van der Waals surface area contributed by atoms with Gasteiger partial charge in [-0.05, 0) is 37.6 Å². The zero-order chi connectivity index (χ0) is 12.2. The first-order valence-electron chi connectivity index (χ1n) is 4.85. The van der Waals surface area contributed by atoms with Gasteiger partial charge in [0.25, 0.3) is 0 Å². The summed E-state index contributed by atoms with van der Waals surface area (Å²) >= 11 is 0.788. The Morgan fingerprint density at radius 1 is 1.31 bits per heavy atom. The smallest absolute Gasteiger partial charge is 0.398 e. The Morgan fingerprint density at radius 2 is 2.00 bits per heavy atom. The van der Waals surface area contributed by atoms with Crippen molar-refractivity contribution in [2.24, 2.45) is 0 Å². The van der Waals surface area contributed by atoms with Gasteiger partial charge in [-0.1, -0.05) is 0 Å². The monoisotopic (exact) mass is 250 g/mol. The van der Waals surface area contributed by atoms with E-state index >= 15 is 0 Å². The molecule has 0 aromatic heterocycles. The molecule has 0 N–H and O–H groups in total. The van der Waals surface area contributed by atoms with Gasteiger partial charge >= 0.3 is 6.18 Å². The van der Waals surface area contributed by atoms with Gasteiger partial charge in [-0.2, -0.15) is 13.2 Å². The molecule has 5 heteroatoms. The summed E-state index contributed by atoms with van der Waals surface area (Å²) in [6.07, 6.45) is -4.13. The maximum atomic E-state index is 12.0. The normalized spacial score (nSPS) is 11.6. The fourth-order valence-corrected chi connectivity index (χ4v) is 1.95. The third-order valence-electron chi connectivity index (χ3n) is 1.85. The number of ether oxygens (including phenoxy) is 1. The molecule has 0 unspecified atom stereocenters. The van der Waals surface area contributed by atoms with E-state index in [0.29, 0.717) is 11.5 Å². The van der Waals surface area contributed by atoms with Gasteiger partial charge in [-0.15, -0.1) is 11.8 Å². The van der Waals surface area contributed by atoms with Crippen molar-refractivity contribution in [2.75, 3.05) is 12.4 Å². The minimum Gasteiger partial charge on any atom is -0.494 e. The van der Waals surface area contributed by atoms with Crippen LogP contribution in [0, 0.1) is 6.92 Å². The Bertz CT molecular complexity index is 350. The quantitative estimate of drug-likeness (QED) is 0.746. The summed E-state index contributed by atoms with van der Waals surface area (Å²) in [6.45, 7) is 4.24. The van der Waals surface area contributed by atoms with Gasteiger partial charge in [0, 0.05) is 4.90 Å². The van der Waals surface area contributed by atoms with Crippen LogP contribution in [0.3, 0.4) is 0 Å². The van der Waals surface area contributed by atoms with Crippen molar-refractivity contribution < 1.29 is 17.9 Å². The van der Waals surface area contributed by atoms with Crippen molar-refractivity contribution in [3.8, 4) is 5.75 Å². The Hall–Kier alpha value is -0.840. The molecular formula is C11H13F3OS. The van der Waals surface area contributed by atoms with E-state index in [1.165, 1.54) is 0 Å². The summed E-state index contributed by atoms with van der Waals surface area (Å²) in [4.78, 5) is 0.610. The van der Waals surface area contributed by atoms with Gasteiger partial charge in [0.2, 0.25) is 0 Å². The van der Waals surface area contributed by atoms with Crippen LogP contribution in [-0.4, -0.2) is 18.5 Å². The number of hydrogen-bond acceptors (Lipinski definition) is 2. The second kappa shape index (κ2) is 5.48. The molecule has 0 atom stereocenters. The third-order valence-corrected chi connectivity index (χ3v) is 2.91. The summed E-state index contributed by atoms with van der Waals surface area (Å²) in [7, 11) is 0. The van der Waals surface area contributed by atoms with E-state index in [0.717, 1.165) is 23.1 Å². The highest BCUT2D eigenvalue weighted by atomic mass is 32.2. The van der Waals surface area contributed by atoms with E-state index in [2.05, 4.69) is 0 Å². The van der Waals surface area contributed by atoms with Gasteiger partial charge in [0.1, 0.15) is 5.75 Å². The van der Waals surface area contributed by atoms with Crippen LogP contribution in [-0.2, 0) is 0 Å². The highest BCUT2D eigenvalue weighted by molar-refractivity contribution is 7.99. The number of aryl methyl sites for hydroxylation is 1. The minimum atomic E-state index is -4.13.